The molecule has 1 aliphatic rings. The van der Waals surface area contributed by atoms with Crippen molar-refractivity contribution >= 4 is 11.6 Å². The third kappa shape index (κ3) is 3.53. The van der Waals surface area contributed by atoms with Crippen molar-refractivity contribution in [2.75, 3.05) is 27.3 Å². The Kier molecular flexibility index (Phi) is 4.91. The van der Waals surface area contributed by atoms with Gasteiger partial charge in [-0.2, -0.15) is 0 Å². The largest absolute Gasteiger partial charge is 0.503 e. The first-order chi connectivity index (χ1) is 9.13. The van der Waals surface area contributed by atoms with Gasteiger partial charge in [0.05, 0.1) is 18.2 Å². The molecular formula is C14H20ClNO3. The van der Waals surface area contributed by atoms with E-state index in [1.807, 2.05) is 6.07 Å². The molecule has 0 atom stereocenters. The van der Waals surface area contributed by atoms with Crippen LogP contribution < -0.4 is 4.74 Å². The molecule has 1 aromatic carbocycles. The number of hydrogen-bond donors (Lipinski definition) is 1. The standard InChI is InChI=1S/C14H20ClNO3/c1-18-11-3-5-16(6-4-11)9-10-7-12(15)14(17)13(8-10)19-2/h7-8,11,17H,3-6,9H2,1-2H3. The van der Waals surface area contributed by atoms with E-state index in [9.17, 15) is 5.11 Å². The molecular weight excluding hydrogens is 266 g/mol. The van der Waals surface area contributed by atoms with Crippen LogP contribution in [-0.4, -0.2) is 43.4 Å². The van der Waals surface area contributed by atoms with E-state index in [4.69, 9.17) is 21.1 Å². The Balaban J connectivity index is 2.02. The number of methoxy groups -OCH3 is 2. The molecule has 0 amide bonds. The molecule has 1 aromatic rings. The maximum Gasteiger partial charge on any atom is 0.176 e. The van der Waals surface area contributed by atoms with Gasteiger partial charge < -0.3 is 14.6 Å². The van der Waals surface area contributed by atoms with Gasteiger partial charge >= 0.3 is 0 Å². The summed E-state index contributed by atoms with van der Waals surface area (Å²) in [6.07, 6.45) is 2.49. The Morgan fingerprint density at radius 2 is 2.00 bits per heavy atom. The number of rotatable bonds is 4. The molecule has 4 nitrogen and oxygen atoms in total. The predicted molar refractivity (Wildman–Crippen MR) is 75.0 cm³/mol. The Morgan fingerprint density at radius 3 is 2.58 bits per heavy atom. The molecule has 1 saturated heterocycles. The van der Waals surface area contributed by atoms with Gasteiger partial charge in [-0.05, 0) is 30.5 Å². The highest BCUT2D eigenvalue weighted by Crippen LogP contribution is 2.35. The van der Waals surface area contributed by atoms with Crippen molar-refractivity contribution < 1.29 is 14.6 Å². The zero-order valence-electron chi connectivity index (χ0n) is 11.4. The molecule has 106 valence electrons. The second kappa shape index (κ2) is 6.46. The number of likely N-dealkylation sites (tertiary alicyclic amines) is 1. The van der Waals surface area contributed by atoms with E-state index in [1.54, 1.807) is 13.2 Å². The van der Waals surface area contributed by atoms with E-state index in [0.717, 1.165) is 38.0 Å². The fraction of sp³-hybridized carbons (Fsp3) is 0.571. The van der Waals surface area contributed by atoms with E-state index in [-0.39, 0.29) is 5.75 Å². The molecule has 5 heteroatoms. The van der Waals surface area contributed by atoms with E-state index in [0.29, 0.717) is 16.9 Å². The predicted octanol–water partition coefficient (Wildman–Crippen LogP) is 2.67. The lowest BCUT2D eigenvalue weighted by Crippen LogP contribution is -2.36. The molecule has 0 aromatic heterocycles. The van der Waals surface area contributed by atoms with Crippen molar-refractivity contribution in [2.45, 2.75) is 25.5 Å². The second-order valence-corrected chi connectivity index (χ2v) is 5.25. The summed E-state index contributed by atoms with van der Waals surface area (Å²) in [7, 11) is 3.30. The van der Waals surface area contributed by atoms with Gasteiger partial charge in [-0.15, -0.1) is 0 Å². The minimum atomic E-state index is 0.00556. The van der Waals surface area contributed by atoms with E-state index < -0.39 is 0 Å². The summed E-state index contributed by atoms with van der Waals surface area (Å²) in [5, 5.41) is 10.0. The number of phenolic OH excluding ortho intramolecular Hbond substituents is 1. The van der Waals surface area contributed by atoms with Gasteiger partial charge in [0.2, 0.25) is 0 Å². The third-order valence-corrected chi connectivity index (χ3v) is 3.87. The van der Waals surface area contributed by atoms with Crippen molar-refractivity contribution in [1.82, 2.24) is 4.90 Å². The summed E-state index contributed by atoms with van der Waals surface area (Å²) in [6.45, 7) is 2.84. The van der Waals surface area contributed by atoms with Gasteiger partial charge in [-0.3, -0.25) is 4.90 Å². The number of nitrogens with zero attached hydrogens (tertiary/aromatic N) is 1. The molecule has 19 heavy (non-hydrogen) atoms. The number of phenols is 1. The summed E-state index contributed by atoms with van der Waals surface area (Å²) >= 11 is 5.99. The van der Waals surface area contributed by atoms with Crippen LogP contribution in [0.15, 0.2) is 12.1 Å². The van der Waals surface area contributed by atoms with Crippen molar-refractivity contribution in [3.05, 3.63) is 22.7 Å². The van der Waals surface area contributed by atoms with Crippen LogP contribution in [0.1, 0.15) is 18.4 Å². The quantitative estimate of drug-likeness (QED) is 0.923. The molecule has 0 unspecified atom stereocenters. The van der Waals surface area contributed by atoms with Gasteiger partial charge in [-0.25, -0.2) is 0 Å². The first-order valence-electron chi connectivity index (χ1n) is 6.44. The maximum atomic E-state index is 9.71. The lowest BCUT2D eigenvalue weighted by molar-refractivity contribution is 0.0388. The van der Waals surface area contributed by atoms with Crippen LogP contribution in [0.25, 0.3) is 0 Å². The van der Waals surface area contributed by atoms with Gasteiger partial charge in [0.1, 0.15) is 0 Å². The minimum Gasteiger partial charge on any atom is -0.503 e. The Morgan fingerprint density at radius 1 is 1.32 bits per heavy atom. The van der Waals surface area contributed by atoms with Crippen LogP contribution in [0.5, 0.6) is 11.5 Å². The number of halogens is 1. The highest BCUT2D eigenvalue weighted by atomic mass is 35.5. The minimum absolute atomic E-state index is 0.00556. The molecule has 0 aliphatic carbocycles. The van der Waals surface area contributed by atoms with E-state index in [2.05, 4.69) is 4.90 Å². The van der Waals surface area contributed by atoms with Crippen molar-refractivity contribution in [2.24, 2.45) is 0 Å². The Labute approximate surface area is 118 Å². The Hall–Kier alpha value is -0.970. The van der Waals surface area contributed by atoms with Gasteiger partial charge in [0.25, 0.3) is 0 Å². The third-order valence-electron chi connectivity index (χ3n) is 3.58. The summed E-state index contributed by atoms with van der Waals surface area (Å²) in [4.78, 5) is 2.36. The number of hydrogen-bond acceptors (Lipinski definition) is 4. The molecule has 2 rings (SSSR count). The molecule has 1 fully saturated rings. The first-order valence-corrected chi connectivity index (χ1v) is 6.82. The van der Waals surface area contributed by atoms with E-state index >= 15 is 0 Å². The highest BCUT2D eigenvalue weighted by molar-refractivity contribution is 6.32. The zero-order valence-corrected chi connectivity index (χ0v) is 12.1. The molecule has 0 saturated carbocycles. The SMILES string of the molecule is COc1cc(CN2CCC(OC)CC2)cc(Cl)c1O. The first kappa shape index (κ1) is 14.4. The van der Waals surface area contributed by atoms with Crippen molar-refractivity contribution in [1.29, 1.82) is 0 Å². The topological polar surface area (TPSA) is 41.9 Å². The van der Waals surface area contributed by atoms with E-state index in [1.165, 1.54) is 7.11 Å². The van der Waals surface area contributed by atoms with Crippen LogP contribution in [0.4, 0.5) is 0 Å². The monoisotopic (exact) mass is 285 g/mol. The molecule has 0 spiro atoms. The fourth-order valence-corrected chi connectivity index (χ4v) is 2.67. The van der Waals surface area contributed by atoms with Gasteiger partial charge in [0, 0.05) is 26.7 Å². The van der Waals surface area contributed by atoms with Crippen molar-refractivity contribution in [3.8, 4) is 11.5 Å². The molecule has 1 N–H and O–H groups in total. The summed E-state index contributed by atoms with van der Waals surface area (Å²) in [6, 6.07) is 3.63. The van der Waals surface area contributed by atoms with Crippen LogP contribution in [0.3, 0.4) is 0 Å². The van der Waals surface area contributed by atoms with Crippen LogP contribution in [0.2, 0.25) is 5.02 Å². The second-order valence-electron chi connectivity index (χ2n) is 4.84. The summed E-state index contributed by atoms with van der Waals surface area (Å²) in [5.74, 6) is 0.431. The Bertz CT molecular complexity index is 431. The summed E-state index contributed by atoms with van der Waals surface area (Å²) in [5.41, 5.74) is 1.05. The number of aromatic hydroxyl groups is 1. The van der Waals surface area contributed by atoms with Crippen molar-refractivity contribution in [3.63, 3.8) is 0 Å². The maximum absolute atomic E-state index is 9.71. The molecule has 1 heterocycles. The van der Waals surface area contributed by atoms with Gasteiger partial charge in [0.15, 0.2) is 11.5 Å². The normalized spacial score (nSPS) is 17.6. The number of ether oxygens (including phenoxy) is 2. The number of piperidine rings is 1. The average Bonchev–Trinajstić information content (AvgIpc) is 2.43. The average molecular weight is 286 g/mol. The van der Waals surface area contributed by atoms with Crippen LogP contribution in [0, 0.1) is 0 Å². The number of benzene rings is 1. The molecule has 0 bridgehead atoms. The molecule has 1 aliphatic heterocycles. The van der Waals surface area contributed by atoms with Crippen LogP contribution >= 0.6 is 11.6 Å². The highest BCUT2D eigenvalue weighted by Gasteiger charge is 2.19. The fourth-order valence-electron chi connectivity index (χ4n) is 2.44. The summed E-state index contributed by atoms with van der Waals surface area (Å²) < 4.78 is 10.5. The smallest absolute Gasteiger partial charge is 0.176 e. The zero-order chi connectivity index (χ0) is 13.8. The van der Waals surface area contributed by atoms with Gasteiger partial charge in [-0.1, -0.05) is 11.6 Å². The van der Waals surface area contributed by atoms with Crippen LogP contribution in [-0.2, 0) is 11.3 Å². The lowest BCUT2D eigenvalue weighted by Gasteiger charge is -2.31. The molecule has 0 radical (unpaired) electrons. The lowest BCUT2D eigenvalue weighted by atomic mass is 10.1.